The summed E-state index contributed by atoms with van der Waals surface area (Å²) >= 11 is 6.10. The molecule has 1 fully saturated rings. The summed E-state index contributed by atoms with van der Waals surface area (Å²) in [4.78, 5) is 2.59. The van der Waals surface area contributed by atoms with E-state index in [4.69, 9.17) is 11.6 Å². The van der Waals surface area contributed by atoms with Crippen LogP contribution in [-0.2, 0) is 10.0 Å². The number of hydrogen-bond acceptors (Lipinski definition) is 3. The lowest BCUT2D eigenvalue weighted by atomic mass is 10.1. The molecule has 4 nitrogen and oxygen atoms in total. The zero-order chi connectivity index (χ0) is 18.0. The molecule has 0 amide bonds. The number of aryl methyl sites for hydroxylation is 1. The topological polar surface area (TPSA) is 40.6 Å². The lowest BCUT2D eigenvalue weighted by Crippen LogP contribution is -2.49. The van der Waals surface area contributed by atoms with Crippen LogP contribution >= 0.6 is 11.6 Å². The fourth-order valence-corrected chi connectivity index (χ4v) is 4.85. The number of rotatable bonds is 4. The first-order valence-electron chi connectivity index (χ1n) is 8.45. The third-order valence-electron chi connectivity index (χ3n) is 4.88. The standard InChI is InChI=1S/C19H23ClN2O2S/c1-15-8-9-18(14-19(15)20)25(23,24)22-12-10-21(11-13-22)16(2)17-6-4-3-5-7-17/h3-9,14,16H,10-13H2,1-2H3. The Kier molecular flexibility index (Phi) is 5.49. The van der Waals surface area contributed by atoms with Crippen LogP contribution < -0.4 is 0 Å². The molecule has 0 aromatic heterocycles. The van der Waals surface area contributed by atoms with Crippen molar-refractivity contribution in [2.24, 2.45) is 0 Å². The molecule has 0 saturated carbocycles. The third-order valence-corrected chi connectivity index (χ3v) is 7.19. The Balaban J connectivity index is 1.70. The lowest BCUT2D eigenvalue weighted by Gasteiger charge is -2.37. The normalized spacial score (nSPS) is 18.2. The van der Waals surface area contributed by atoms with Gasteiger partial charge < -0.3 is 0 Å². The number of nitrogens with zero attached hydrogens (tertiary/aromatic N) is 2. The van der Waals surface area contributed by atoms with Crippen LogP contribution in [0.25, 0.3) is 0 Å². The molecule has 0 bridgehead atoms. The fraction of sp³-hybridized carbons (Fsp3) is 0.368. The Morgan fingerprint density at radius 2 is 1.64 bits per heavy atom. The molecular weight excluding hydrogens is 356 g/mol. The molecule has 25 heavy (non-hydrogen) atoms. The second-order valence-electron chi connectivity index (χ2n) is 6.44. The van der Waals surface area contributed by atoms with Crippen molar-refractivity contribution < 1.29 is 8.42 Å². The Bertz CT molecular complexity index is 832. The zero-order valence-electron chi connectivity index (χ0n) is 14.5. The van der Waals surface area contributed by atoms with Gasteiger partial charge in [-0.15, -0.1) is 0 Å². The minimum Gasteiger partial charge on any atom is -0.294 e. The van der Waals surface area contributed by atoms with E-state index in [1.807, 2.05) is 25.1 Å². The Morgan fingerprint density at radius 3 is 2.24 bits per heavy atom. The van der Waals surface area contributed by atoms with Crippen molar-refractivity contribution in [2.75, 3.05) is 26.2 Å². The third kappa shape index (κ3) is 3.90. The molecule has 0 radical (unpaired) electrons. The summed E-state index contributed by atoms with van der Waals surface area (Å²) in [5, 5.41) is 0.484. The second kappa shape index (κ2) is 7.46. The number of sulfonamides is 1. The van der Waals surface area contributed by atoms with E-state index in [-0.39, 0.29) is 10.9 Å². The molecule has 1 unspecified atom stereocenters. The summed E-state index contributed by atoms with van der Waals surface area (Å²) in [6, 6.07) is 15.5. The van der Waals surface area contributed by atoms with Crippen LogP contribution in [-0.4, -0.2) is 43.8 Å². The predicted molar refractivity (Wildman–Crippen MR) is 101 cm³/mol. The van der Waals surface area contributed by atoms with Gasteiger partial charge in [-0.05, 0) is 37.1 Å². The average molecular weight is 379 g/mol. The SMILES string of the molecule is Cc1ccc(S(=O)(=O)N2CCN(C(C)c3ccccc3)CC2)cc1Cl. The summed E-state index contributed by atoms with van der Waals surface area (Å²) in [7, 11) is -3.49. The van der Waals surface area contributed by atoms with Gasteiger partial charge in [0.05, 0.1) is 4.90 Å². The Morgan fingerprint density at radius 1 is 1.00 bits per heavy atom. The number of benzene rings is 2. The summed E-state index contributed by atoms with van der Waals surface area (Å²) < 4.78 is 27.2. The van der Waals surface area contributed by atoms with Crippen molar-refractivity contribution in [3.63, 3.8) is 0 Å². The molecule has 0 spiro atoms. The molecule has 2 aromatic carbocycles. The van der Waals surface area contributed by atoms with E-state index in [0.29, 0.717) is 18.1 Å². The number of halogens is 1. The van der Waals surface area contributed by atoms with E-state index in [0.717, 1.165) is 18.7 Å². The smallest absolute Gasteiger partial charge is 0.243 e. The minimum absolute atomic E-state index is 0.271. The first kappa shape index (κ1) is 18.4. The van der Waals surface area contributed by atoms with Gasteiger partial charge in [0, 0.05) is 37.2 Å². The van der Waals surface area contributed by atoms with Crippen molar-refractivity contribution in [3.05, 3.63) is 64.7 Å². The number of piperazine rings is 1. The molecule has 1 atom stereocenters. The highest BCUT2D eigenvalue weighted by atomic mass is 35.5. The molecule has 6 heteroatoms. The summed E-state index contributed by atoms with van der Waals surface area (Å²) in [5.74, 6) is 0. The van der Waals surface area contributed by atoms with E-state index in [1.165, 1.54) is 5.56 Å². The largest absolute Gasteiger partial charge is 0.294 e. The van der Waals surface area contributed by atoms with E-state index in [9.17, 15) is 8.42 Å². The predicted octanol–water partition coefficient (Wildman–Crippen LogP) is 3.72. The monoisotopic (exact) mass is 378 g/mol. The van der Waals surface area contributed by atoms with Crippen LogP contribution in [0.5, 0.6) is 0 Å². The van der Waals surface area contributed by atoms with E-state index < -0.39 is 10.0 Å². The summed E-state index contributed by atoms with van der Waals surface area (Å²) in [5.41, 5.74) is 2.13. The molecule has 0 N–H and O–H groups in total. The highest BCUT2D eigenvalue weighted by Crippen LogP contribution is 2.26. The van der Waals surface area contributed by atoms with Crippen molar-refractivity contribution >= 4 is 21.6 Å². The van der Waals surface area contributed by atoms with E-state index in [1.54, 1.807) is 22.5 Å². The first-order chi connectivity index (χ1) is 11.9. The molecule has 0 aliphatic carbocycles. The Labute approximate surface area is 155 Å². The van der Waals surface area contributed by atoms with Gasteiger partial charge >= 0.3 is 0 Å². The van der Waals surface area contributed by atoms with Crippen molar-refractivity contribution in [3.8, 4) is 0 Å². The highest BCUT2D eigenvalue weighted by Gasteiger charge is 2.30. The maximum Gasteiger partial charge on any atom is 0.243 e. The molecule has 1 aliphatic heterocycles. The van der Waals surface area contributed by atoms with Gasteiger partial charge in [-0.1, -0.05) is 48.0 Å². The van der Waals surface area contributed by atoms with E-state index >= 15 is 0 Å². The maximum absolute atomic E-state index is 12.8. The first-order valence-corrected chi connectivity index (χ1v) is 10.3. The molecular formula is C19H23ClN2O2S. The van der Waals surface area contributed by atoms with Gasteiger partial charge in [-0.3, -0.25) is 4.90 Å². The van der Waals surface area contributed by atoms with E-state index in [2.05, 4.69) is 24.0 Å². The van der Waals surface area contributed by atoms with Gasteiger partial charge in [0.25, 0.3) is 0 Å². The summed E-state index contributed by atoms with van der Waals surface area (Å²) in [6.45, 7) is 6.45. The summed E-state index contributed by atoms with van der Waals surface area (Å²) in [6.07, 6.45) is 0. The molecule has 2 aromatic rings. The van der Waals surface area contributed by atoms with Crippen LogP contribution in [0.2, 0.25) is 5.02 Å². The van der Waals surface area contributed by atoms with Gasteiger partial charge in [0.2, 0.25) is 10.0 Å². The van der Waals surface area contributed by atoms with Crippen molar-refractivity contribution in [1.29, 1.82) is 0 Å². The highest BCUT2D eigenvalue weighted by molar-refractivity contribution is 7.89. The van der Waals surface area contributed by atoms with Crippen LogP contribution in [0.1, 0.15) is 24.1 Å². The van der Waals surface area contributed by atoms with Gasteiger partial charge in [0.1, 0.15) is 0 Å². The molecule has 3 rings (SSSR count). The Hall–Kier alpha value is -1.40. The van der Waals surface area contributed by atoms with Crippen LogP contribution in [0, 0.1) is 6.92 Å². The minimum atomic E-state index is -3.49. The molecule has 1 aliphatic rings. The fourth-order valence-electron chi connectivity index (χ4n) is 3.16. The maximum atomic E-state index is 12.8. The van der Waals surface area contributed by atoms with Gasteiger partial charge in [0.15, 0.2) is 0 Å². The average Bonchev–Trinajstić information content (AvgIpc) is 2.64. The molecule has 1 heterocycles. The molecule has 1 saturated heterocycles. The number of hydrogen-bond donors (Lipinski definition) is 0. The van der Waals surface area contributed by atoms with Crippen molar-refractivity contribution in [1.82, 2.24) is 9.21 Å². The molecule has 134 valence electrons. The van der Waals surface area contributed by atoms with Crippen molar-refractivity contribution in [2.45, 2.75) is 24.8 Å². The van der Waals surface area contributed by atoms with Crippen LogP contribution in [0.4, 0.5) is 0 Å². The van der Waals surface area contributed by atoms with Gasteiger partial charge in [-0.2, -0.15) is 4.31 Å². The van der Waals surface area contributed by atoms with Gasteiger partial charge in [-0.25, -0.2) is 8.42 Å². The van der Waals surface area contributed by atoms with Crippen LogP contribution in [0.3, 0.4) is 0 Å². The quantitative estimate of drug-likeness (QED) is 0.814. The van der Waals surface area contributed by atoms with Crippen LogP contribution in [0.15, 0.2) is 53.4 Å². The second-order valence-corrected chi connectivity index (χ2v) is 8.78. The lowest BCUT2D eigenvalue weighted by molar-refractivity contribution is 0.146. The zero-order valence-corrected chi connectivity index (χ0v) is 16.1.